The molecule has 5 heteroatoms. The Bertz CT molecular complexity index is 860. The lowest BCUT2D eigenvalue weighted by atomic mass is 10.1. The van der Waals surface area contributed by atoms with Gasteiger partial charge in [-0.15, -0.1) is 0 Å². The van der Waals surface area contributed by atoms with Crippen LogP contribution in [0.5, 0.6) is 5.75 Å². The maximum atomic E-state index is 5.26. The van der Waals surface area contributed by atoms with Gasteiger partial charge < -0.3 is 4.74 Å². The molecule has 0 saturated carbocycles. The van der Waals surface area contributed by atoms with Crippen molar-refractivity contribution in [3.8, 4) is 5.75 Å². The predicted molar refractivity (Wildman–Crippen MR) is 93.1 cm³/mol. The van der Waals surface area contributed by atoms with Crippen LogP contribution in [0, 0.1) is 6.92 Å². The average Bonchev–Trinajstić information content (AvgIpc) is 2.59. The molecule has 3 rings (SSSR count). The first-order chi connectivity index (χ1) is 11.2. The molecule has 2 heterocycles. The van der Waals surface area contributed by atoms with Crippen LogP contribution < -0.4 is 10.2 Å². The van der Waals surface area contributed by atoms with Gasteiger partial charge in [0.2, 0.25) is 0 Å². The number of benzene rings is 1. The minimum Gasteiger partial charge on any atom is -0.497 e. The summed E-state index contributed by atoms with van der Waals surface area (Å²) < 4.78 is 5.26. The summed E-state index contributed by atoms with van der Waals surface area (Å²) in [6, 6.07) is 13.6. The first-order valence-corrected chi connectivity index (χ1v) is 7.34. The number of nitrogens with one attached hydrogen (secondary N) is 1. The molecule has 23 heavy (non-hydrogen) atoms. The Labute approximate surface area is 135 Å². The first kappa shape index (κ1) is 15.0. The summed E-state index contributed by atoms with van der Waals surface area (Å²) in [6.07, 6.45) is 1.76. The van der Waals surface area contributed by atoms with Gasteiger partial charge in [0, 0.05) is 23.3 Å². The standard InChI is InChI=1S/C18H18N4O/c1-12-10-18(15-8-7-14(23-3)11-17(15)20-12)22-21-13(2)16-6-4-5-9-19-16/h4-11H,1-3H3,(H,20,22)/b21-13+. The quantitative estimate of drug-likeness (QED) is 0.588. The normalized spacial score (nSPS) is 11.5. The van der Waals surface area contributed by atoms with Gasteiger partial charge in [0.05, 0.1) is 29.7 Å². The van der Waals surface area contributed by atoms with Crippen LogP contribution in [0.15, 0.2) is 53.8 Å². The molecule has 5 nitrogen and oxygen atoms in total. The molecular weight excluding hydrogens is 288 g/mol. The molecule has 0 saturated heterocycles. The van der Waals surface area contributed by atoms with E-state index in [4.69, 9.17) is 4.74 Å². The van der Waals surface area contributed by atoms with E-state index in [1.54, 1.807) is 13.3 Å². The highest BCUT2D eigenvalue weighted by atomic mass is 16.5. The van der Waals surface area contributed by atoms with Gasteiger partial charge in [-0.2, -0.15) is 5.10 Å². The number of ether oxygens (including phenoxy) is 1. The van der Waals surface area contributed by atoms with Crippen molar-refractivity contribution < 1.29 is 4.74 Å². The van der Waals surface area contributed by atoms with E-state index in [2.05, 4.69) is 20.5 Å². The summed E-state index contributed by atoms with van der Waals surface area (Å²) in [5.74, 6) is 0.787. The van der Waals surface area contributed by atoms with Crippen LogP contribution in [0.1, 0.15) is 18.3 Å². The summed E-state index contributed by atoms with van der Waals surface area (Å²) in [5.41, 5.74) is 7.49. The van der Waals surface area contributed by atoms with Gasteiger partial charge in [0.25, 0.3) is 0 Å². The fourth-order valence-electron chi connectivity index (χ4n) is 2.34. The van der Waals surface area contributed by atoms with Crippen molar-refractivity contribution in [1.82, 2.24) is 9.97 Å². The van der Waals surface area contributed by atoms with Gasteiger partial charge >= 0.3 is 0 Å². The Kier molecular flexibility index (Phi) is 4.19. The van der Waals surface area contributed by atoms with Crippen LogP contribution in [0.25, 0.3) is 10.9 Å². The lowest BCUT2D eigenvalue weighted by molar-refractivity contribution is 0.415. The summed E-state index contributed by atoms with van der Waals surface area (Å²) in [7, 11) is 1.65. The second-order valence-corrected chi connectivity index (χ2v) is 5.22. The zero-order valence-electron chi connectivity index (χ0n) is 13.4. The van der Waals surface area contributed by atoms with Gasteiger partial charge in [-0.25, -0.2) is 0 Å². The second-order valence-electron chi connectivity index (χ2n) is 5.22. The highest BCUT2D eigenvalue weighted by molar-refractivity contribution is 5.98. The highest BCUT2D eigenvalue weighted by Crippen LogP contribution is 2.26. The highest BCUT2D eigenvalue weighted by Gasteiger charge is 2.06. The zero-order chi connectivity index (χ0) is 16.2. The molecule has 0 fully saturated rings. The van der Waals surface area contributed by atoms with Crippen molar-refractivity contribution in [3.05, 3.63) is 60.0 Å². The molecule has 2 aromatic heterocycles. The Morgan fingerprint density at radius 2 is 2.04 bits per heavy atom. The number of fused-ring (bicyclic) bond motifs is 1. The van der Waals surface area contributed by atoms with E-state index < -0.39 is 0 Å². The molecule has 0 amide bonds. The summed E-state index contributed by atoms with van der Waals surface area (Å²) in [5, 5.41) is 5.44. The van der Waals surface area contributed by atoms with Crippen molar-refractivity contribution in [2.75, 3.05) is 12.5 Å². The van der Waals surface area contributed by atoms with Crippen molar-refractivity contribution in [2.24, 2.45) is 5.10 Å². The molecular formula is C18H18N4O. The van der Waals surface area contributed by atoms with Crippen molar-refractivity contribution in [3.63, 3.8) is 0 Å². The second kappa shape index (κ2) is 6.44. The SMILES string of the molecule is COc1ccc2c(N/N=C(\C)c3ccccn3)cc(C)nc2c1. The van der Waals surface area contributed by atoms with Crippen LogP contribution in [-0.2, 0) is 0 Å². The number of hydrogen-bond acceptors (Lipinski definition) is 5. The van der Waals surface area contributed by atoms with Gasteiger partial charge in [0.15, 0.2) is 0 Å². The Balaban J connectivity index is 1.96. The van der Waals surface area contributed by atoms with Crippen LogP contribution in [0.4, 0.5) is 5.69 Å². The van der Waals surface area contributed by atoms with Gasteiger partial charge in [-0.3, -0.25) is 15.4 Å². The molecule has 3 aromatic rings. The number of aromatic nitrogens is 2. The third-order valence-corrected chi connectivity index (χ3v) is 3.52. The molecule has 0 spiro atoms. The summed E-state index contributed by atoms with van der Waals surface area (Å²) in [4.78, 5) is 8.84. The molecule has 116 valence electrons. The average molecular weight is 306 g/mol. The number of rotatable bonds is 4. The fraction of sp³-hybridized carbons (Fsp3) is 0.167. The van der Waals surface area contributed by atoms with E-state index in [1.807, 2.05) is 56.3 Å². The molecule has 0 bridgehead atoms. The van der Waals surface area contributed by atoms with E-state index in [0.29, 0.717) is 0 Å². The third kappa shape index (κ3) is 3.29. The third-order valence-electron chi connectivity index (χ3n) is 3.52. The van der Waals surface area contributed by atoms with E-state index in [1.165, 1.54) is 0 Å². The predicted octanol–water partition coefficient (Wildman–Crippen LogP) is 3.78. The number of aryl methyl sites for hydroxylation is 1. The number of nitrogens with zero attached hydrogens (tertiary/aromatic N) is 3. The zero-order valence-corrected chi connectivity index (χ0v) is 13.4. The Hall–Kier alpha value is -2.95. The molecule has 0 aliphatic rings. The van der Waals surface area contributed by atoms with Gasteiger partial charge in [0.1, 0.15) is 5.75 Å². The smallest absolute Gasteiger partial charge is 0.121 e. The van der Waals surface area contributed by atoms with E-state index in [-0.39, 0.29) is 0 Å². The number of pyridine rings is 2. The molecule has 0 aliphatic heterocycles. The lowest BCUT2D eigenvalue weighted by Crippen LogP contribution is -2.02. The monoisotopic (exact) mass is 306 g/mol. The topological polar surface area (TPSA) is 59.4 Å². The minimum atomic E-state index is 0.787. The van der Waals surface area contributed by atoms with Crippen LogP contribution in [0.2, 0.25) is 0 Å². The Morgan fingerprint density at radius 1 is 1.17 bits per heavy atom. The lowest BCUT2D eigenvalue weighted by Gasteiger charge is -2.09. The van der Waals surface area contributed by atoms with Crippen LogP contribution in [0.3, 0.4) is 0 Å². The van der Waals surface area contributed by atoms with Crippen LogP contribution in [-0.4, -0.2) is 22.8 Å². The largest absolute Gasteiger partial charge is 0.497 e. The number of methoxy groups -OCH3 is 1. The molecule has 0 aliphatic carbocycles. The molecule has 1 N–H and O–H groups in total. The molecule has 0 unspecified atom stereocenters. The van der Waals surface area contributed by atoms with E-state index >= 15 is 0 Å². The van der Waals surface area contributed by atoms with Gasteiger partial charge in [-0.1, -0.05) is 6.07 Å². The van der Waals surface area contributed by atoms with E-state index in [9.17, 15) is 0 Å². The van der Waals surface area contributed by atoms with Crippen molar-refractivity contribution in [1.29, 1.82) is 0 Å². The Morgan fingerprint density at radius 3 is 2.78 bits per heavy atom. The summed E-state index contributed by atoms with van der Waals surface area (Å²) in [6.45, 7) is 3.88. The molecule has 0 radical (unpaired) electrons. The molecule has 1 aromatic carbocycles. The number of hydrogen-bond donors (Lipinski definition) is 1. The van der Waals surface area contributed by atoms with Crippen LogP contribution >= 0.6 is 0 Å². The fourth-order valence-corrected chi connectivity index (χ4v) is 2.34. The van der Waals surface area contributed by atoms with E-state index in [0.717, 1.165) is 39.4 Å². The maximum absolute atomic E-state index is 5.26. The van der Waals surface area contributed by atoms with Gasteiger partial charge in [-0.05, 0) is 44.2 Å². The minimum absolute atomic E-state index is 0.787. The van der Waals surface area contributed by atoms with Crippen molar-refractivity contribution >= 4 is 22.3 Å². The summed E-state index contributed by atoms with van der Waals surface area (Å²) >= 11 is 0. The molecule has 0 atom stereocenters. The number of anilines is 1. The maximum Gasteiger partial charge on any atom is 0.121 e. The number of hydrazone groups is 1. The van der Waals surface area contributed by atoms with Crippen molar-refractivity contribution in [2.45, 2.75) is 13.8 Å². The first-order valence-electron chi connectivity index (χ1n) is 7.34.